The number of rotatable bonds is 4. The molecule has 0 spiro atoms. The molecule has 0 fully saturated rings. The van der Waals surface area contributed by atoms with E-state index in [4.69, 9.17) is 10.5 Å². The molecule has 0 saturated carbocycles. The summed E-state index contributed by atoms with van der Waals surface area (Å²) in [6, 6.07) is 6.62. The van der Waals surface area contributed by atoms with E-state index in [1.54, 1.807) is 24.3 Å². The maximum atomic E-state index is 11.0. The lowest BCUT2D eigenvalue weighted by atomic mass is 9.95. The molecule has 4 nitrogen and oxygen atoms in total. The molecule has 0 radical (unpaired) electrons. The molecule has 1 aromatic carbocycles. The van der Waals surface area contributed by atoms with Crippen molar-refractivity contribution in [3.63, 3.8) is 0 Å². The summed E-state index contributed by atoms with van der Waals surface area (Å²) in [6.07, 6.45) is 0. The molecule has 0 heterocycles. The normalized spacial score (nSPS) is 14.3. The third-order valence-corrected chi connectivity index (χ3v) is 2.21. The van der Waals surface area contributed by atoms with Crippen LogP contribution < -0.4 is 10.5 Å². The Labute approximate surface area is 88.7 Å². The van der Waals surface area contributed by atoms with Gasteiger partial charge in [0.1, 0.15) is 5.75 Å². The standard InChI is InChI=1S/C11H15NO3/c1-3-15-9-6-4-8(5-7-9)11(2,14)10(12)13/h4-7,14H,3H2,1-2H3,(H2,12,13). The SMILES string of the molecule is CCOc1ccc(C(C)(O)C(N)=O)cc1. The monoisotopic (exact) mass is 209 g/mol. The second-order valence-corrected chi connectivity index (χ2v) is 3.39. The van der Waals surface area contributed by atoms with E-state index in [2.05, 4.69) is 0 Å². The van der Waals surface area contributed by atoms with Crippen molar-refractivity contribution >= 4 is 5.91 Å². The second-order valence-electron chi connectivity index (χ2n) is 3.39. The molecule has 3 N–H and O–H groups in total. The van der Waals surface area contributed by atoms with Crippen LogP contribution in [0.1, 0.15) is 19.4 Å². The average molecular weight is 209 g/mol. The molecule has 1 atom stereocenters. The Balaban J connectivity index is 2.93. The second kappa shape index (κ2) is 4.31. The lowest BCUT2D eigenvalue weighted by Crippen LogP contribution is -2.38. The minimum Gasteiger partial charge on any atom is -0.494 e. The summed E-state index contributed by atoms with van der Waals surface area (Å²) in [5.74, 6) is -0.0758. The highest BCUT2D eigenvalue weighted by atomic mass is 16.5. The molecule has 0 aliphatic rings. The minimum atomic E-state index is -1.63. The van der Waals surface area contributed by atoms with Crippen LogP contribution in [0.2, 0.25) is 0 Å². The van der Waals surface area contributed by atoms with E-state index in [-0.39, 0.29) is 0 Å². The Bertz CT molecular complexity index is 343. The van der Waals surface area contributed by atoms with Gasteiger partial charge in [-0.05, 0) is 31.5 Å². The van der Waals surface area contributed by atoms with Crippen molar-refractivity contribution in [1.82, 2.24) is 0 Å². The first-order chi connectivity index (χ1) is 6.98. The fourth-order valence-corrected chi connectivity index (χ4v) is 1.18. The highest BCUT2D eigenvalue weighted by Gasteiger charge is 2.29. The molecule has 0 aliphatic heterocycles. The predicted molar refractivity (Wildman–Crippen MR) is 56.4 cm³/mol. The first-order valence-electron chi connectivity index (χ1n) is 4.74. The number of hydrogen-bond donors (Lipinski definition) is 2. The number of amides is 1. The van der Waals surface area contributed by atoms with Crippen molar-refractivity contribution in [2.45, 2.75) is 19.4 Å². The molecular weight excluding hydrogens is 194 g/mol. The van der Waals surface area contributed by atoms with Crippen LogP contribution in [0.3, 0.4) is 0 Å². The van der Waals surface area contributed by atoms with Gasteiger partial charge in [-0.1, -0.05) is 12.1 Å². The topological polar surface area (TPSA) is 72.6 Å². The zero-order valence-corrected chi connectivity index (χ0v) is 8.86. The van der Waals surface area contributed by atoms with E-state index in [0.29, 0.717) is 17.9 Å². The van der Waals surface area contributed by atoms with Crippen molar-refractivity contribution < 1.29 is 14.6 Å². The van der Waals surface area contributed by atoms with E-state index >= 15 is 0 Å². The van der Waals surface area contributed by atoms with Gasteiger partial charge in [-0.3, -0.25) is 4.79 Å². The Kier molecular flexibility index (Phi) is 3.31. The van der Waals surface area contributed by atoms with Gasteiger partial charge in [-0.25, -0.2) is 0 Å². The van der Waals surface area contributed by atoms with Gasteiger partial charge in [0.15, 0.2) is 5.60 Å². The van der Waals surface area contributed by atoms with Crippen LogP contribution in [0.5, 0.6) is 5.75 Å². The zero-order chi connectivity index (χ0) is 11.5. The van der Waals surface area contributed by atoms with E-state index in [1.807, 2.05) is 6.92 Å². The highest BCUT2D eigenvalue weighted by Crippen LogP contribution is 2.22. The van der Waals surface area contributed by atoms with Crippen LogP contribution in [-0.4, -0.2) is 17.6 Å². The van der Waals surface area contributed by atoms with Gasteiger partial charge >= 0.3 is 0 Å². The van der Waals surface area contributed by atoms with E-state index < -0.39 is 11.5 Å². The van der Waals surface area contributed by atoms with Crippen LogP contribution in [0.25, 0.3) is 0 Å². The number of carbonyl (C=O) groups is 1. The summed E-state index contributed by atoms with van der Waals surface area (Å²) in [5.41, 5.74) is 3.90. The molecule has 0 aromatic heterocycles. The van der Waals surface area contributed by atoms with Crippen LogP contribution in [0, 0.1) is 0 Å². The molecular formula is C11H15NO3. The molecule has 82 valence electrons. The van der Waals surface area contributed by atoms with Gasteiger partial charge < -0.3 is 15.6 Å². The number of aliphatic hydroxyl groups is 1. The highest BCUT2D eigenvalue weighted by molar-refractivity contribution is 5.84. The lowest BCUT2D eigenvalue weighted by Gasteiger charge is -2.19. The van der Waals surface area contributed by atoms with Crippen LogP contribution in [0.15, 0.2) is 24.3 Å². The van der Waals surface area contributed by atoms with Crippen molar-refractivity contribution in [1.29, 1.82) is 0 Å². The molecule has 0 aliphatic carbocycles. The maximum Gasteiger partial charge on any atom is 0.253 e. The molecule has 15 heavy (non-hydrogen) atoms. The first kappa shape index (κ1) is 11.5. The summed E-state index contributed by atoms with van der Waals surface area (Å²) < 4.78 is 5.24. The zero-order valence-electron chi connectivity index (χ0n) is 8.86. The maximum absolute atomic E-state index is 11.0. The Morgan fingerprint density at radius 1 is 1.47 bits per heavy atom. The number of primary amides is 1. The molecule has 4 heteroatoms. The number of carbonyl (C=O) groups excluding carboxylic acids is 1. The third kappa shape index (κ3) is 2.47. The van der Waals surface area contributed by atoms with Gasteiger partial charge in [0, 0.05) is 0 Å². The fourth-order valence-electron chi connectivity index (χ4n) is 1.18. The third-order valence-electron chi connectivity index (χ3n) is 2.21. The first-order valence-corrected chi connectivity index (χ1v) is 4.74. The molecule has 1 aromatic rings. The van der Waals surface area contributed by atoms with Crippen LogP contribution in [0.4, 0.5) is 0 Å². The van der Waals surface area contributed by atoms with Crippen molar-refractivity contribution in [3.8, 4) is 5.75 Å². The average Bonchev–Trinajstić information content (AvgIpc) is 2.19. The largest absolute Gasteiger partial charge is 0.494 e. The molecule has 1 unspecified atom stereocenters. The number of ether oxygens (including phenoxy) is 1. The molecule has 1 amide bonds. The summed E-state index contributed by atoms with van der Waals surface area (Å²) in [4.78, 5) is 11.0. The fraction of sp³-hybridized carbons (Fsp3) is 0.364. The van der Waals surface area contributed by atoms with E-state index in [1.165, 1.54) is 6.92 Å². The summed E-state index contributed by atoms with van der Waals surface area (Å²) in [7, 11) is 0. The van der Waals surface area contributed by atoms with Crippen molar-refractivity contribution in [2.24, 2.45) is 5.73 Å². The summed E-state index contributed by atoms with van der Waals surface area (Å²) >= 11 is 0. The van der Waals surface area contributed by atoms with Gasteiger partial charge in [0.25, 0.3) is 5.91 Å². The van der Waals surface area contributed by atoms with E-state index in [9.17, 15) is 9.90 Å². The number of benzene rings is 1. The lowest BCUT2D eigenvalue weighted by molar-refractivity contribution is -0.135. The van der Waals surface area contributed by atoms with Gasteiger partial charge in [0.2, 0.25) is 0 Å². The Morgan fingerprint density at radius 3 is 2.40 bits per heavy atom. The van der Waals surface area contributed by atoms with Gasteiger partial charge in [-0.2, -0.15) is 0 Å². The van der Waals surface area contributed by atoms with Crippen molar-refractivity contribution in [3.05, 3.63) is 29.8 Å². The van der Waals surface area contributed by atoms with Crippen molar-refractivity contribution in [2.75, 3.05) is 6.61 Å². The van der Waals surface area contributed by atoms with Gasteiger partial charge in [0.05, 0.1) is 6.61 Å². The number of nitrogens with two attached hydrogens (primary N) is 1. The molecule has 0 saturated heterocycles. The van der Waals surface area contributed by atoms with Crippen LogP contribution in [-0.2, 0) is 10.4 Å². The Morgan fingerprint density at radius 2 is 2.00 bits per heavy atom. The quantitative estimate of drug-likeness (QED) is 0.769. The smallest absolute Gasteiger partial charge is 0.253 e. The summed E-state index contributed by atoms with van der Waals surface area (Å²) in [6.45, 7) is 3.82. The number of hydrogen-bond acceptors (Lipinski definition) is 3. The summed E-state index contributed by atoms with van der Waals surface area (Å²) in [5, 5.41) is 9.77. The van der Waals surface area contributed by atoms with E-state index in [0.717, 1.165) is 0 Å². The predicted octanol–water partition coefficient (Wildman–Crippen LogP) is 0.778. The van der Waals surface area contributed by atoms with Crippen LogP contribution >= 0.6 is 0 Å². The van der Waals surface area contributed by atoms with Gasteiger partial charge in [-0.15, -0.1) is 0 Å². The molecule has 1 rings (SSSR count). The molecule has 0 bridgehead atoms. The Hall–Kier alpha value is -1.55. The minimum absolute atomic E-state index is 0.457.